The van der Waals surface area contributed by atoms with E-state index in [4.69, 9.17) is 24.5 Å². The summed E-state index contributed by atoms with van der Waals surface area (Å²) in [6, 6.07) is -1.16. The van der Waals surface area contributed by atoms with Crippen molar-refractivity contribution in [3.63, 3.8) is 0 Å². The minimum Gasteiger partial charge on any atom is -0.469 e. The van der Waals surface area contributed by atoms with Crippen molar-refractivity contribution in [1.29, 1.82) is 0 Å². The van der Waals surface area contributed by atoms with Gasteiger partial charge in [0.2, 0.25) is 0 Å². The lowest BCUT2D eigenvalue weighted by molar-refractivity contribution is -0.175. The lowest BCUT2D eigenvalue weighted by Gasteiger charge is -2.25. The van der Waals surface area contributed by atoms with E-state index in [1.807, 2.05) is 0 Å². The van der Waals surface area contributed by atoms with Gasteiger partial charge in [-0.2, -0.15) is 0 Å². The smallest absolute Gasteiger partial charge is 0.317 e. The summed E-state index contributed by atoms with van der Waals surface area (Å²) in [4.78, 5) is 14.6. The van der Waals surface area contributed by atoms with E-state index in [0.717, 1.165) is 0 Å². The summed E-state index contributed by atoms with van der Waals surface area (Å²) in [6.45, 7) is 7.29. The Hall–Kier alpha value is -1.38. The lowest BCUT2D eigenvalue weighted by atomic mass is 10.0. The summed E-state index contributed by atoms with van der Waals surface area (Å²) in [5, 5.41) is 3.51. The van der Waals surface area contributed by atoms with Gasteiger partial charge in [-0.1, -0.05) is 5.11 Å². The first-order chi connectivity index (χ1) is 10.2. The molecule has 2 heterocycles. The van der Waals surface area contributed by atoms with Crippen LogP contribution in [0, 0.1) is 0 Å². The highest BCUT2D eigenvalue weighted by molar-refractivity contribution is 5.76. The molecule has 2 aliphatic heterocycles. The van der Waals surface area contributed by atoms with E-state index in [-0.39, 0.29) is 6.61 Å². The van der Waals surface area contributed by atoms with Crippen molar-refractivity contribution in [3.05, 3.63) is 10.4 Å². The number of esters is 1. The highest BCUT2D eigenvalue weighted by atomic mass is 16.8. The third-order valence-electron chi connectivity index (χ3n) is 3.49. The molecule has 3 unspecified atom stereocenters. The van der Waals surface area contributed by atoms with Gasteiger partial charge in [-0.3, -0.25) is 4.79 Å². The molecule has 2 saturated heterocycles. The number of hydrogen-bond acceptors (Lipinski definition) is 7. The SMILES string of the molecule is COC(=O)[C@H](N=[N+]=[N-])C1OC(C)(C)OC1C1COC(C)(C)O1. The van der Waals surface area contributed by atoms with Gasteiger partial charge in [0.15, 0.2) is 17.6 Å². The Morgan fingerprint density at radius 1 is 1.27 bits per heavy atom. The summed E-state index contributed by atoms with van der Waals surface area (Å²) >= 11 is 0. The van der Waals surface area contributed by atoms with Gasteiger partial charge in [-0.05, 0) is 33.2 Å². The Morgan fingerprint density at radius 3 is 2.45 bits per heavy atom. The van der Waals surface area contributed by atoms with Gasteiger partial charge < -0.3 is 23.7 Å². The van der Waals surface area contributed by atoms with E-state index in [9.17, 15) is 4.79 Å². The maximum Gasteiger partial charge on any atom is 0.317 e. The predicted octanol–water partition coefficient (Wildman–Crippen LogP) is 1.51. The summed E-state index contributed by atoms with van der Waals surface area (Å²) < 4.78 is 27.6. The van der Waals surface area contributed by atoms with Gasteiger partial charge >= 0.3 is 5.97 Å². The second kappa shape index (κ2) is 6.02. The van der Waals surface area contributed by atoms with Crippen molar-refractivity contribution >= 4 is 5.97 Å². The largest absolute Gasteiger partial charge is 0.469 e. The topological polar surface area (TPSA) is 112 Å². The number of ether oxygens (including phenoxy) is 5. The molecule has 0 radical (unpaired) electrons. The van der Waals surface area contributed by atoms with Crippen LogP contribution < -0.4 is 0 Å². The minimum atomic E-state index is -1.16. The average molecular weight is 315 g/mol. The third kappa shape index (κ3) is 3.50. The van der Waals surface area contributed by atoms with Gasteiger partial charge in [0.25, 0.3) is 0 Å². The van der Waals surface area contributed by atoms with Crippen molar-refractivity contribution in [3.8, 4) is 0 Å². The molecular formula is C13H21N3O6. The van der Waals surface area contributed by atoms with Crippen LogP contribution in [-0.2, 0) is 28.5 Å². The van der Waals surface area contributed by atoms with Crippen molar-refractivity contribution in [1.82, 2.24) is 0 Å². The number of azide groups is 1. The molecule has 0 bridgehead atoms. The zero-order chi connectivity index (χ0) is 16.5. The van der Waals surface area contributed by atoms with Crippen LogP contribution in [0.5, 0.6) is 0 Å². The van der Waals surface area contributed by atoms with Crippen LogP contribution in [0.4, 0.5) is 0 Å². The molecule has 0 aromatic carbocycles. The summed E-state index contributed by atoms with van der Waals surface area (Å²) in [5.74, 6) is -2.37. The fourth-order valence-electron chi connectivity index (χ4n) is 2.65. The molecule has 124 valence electrons. The molecule has 2 fully saturated rings. The van der Waals surface area contributed by atoms with E-state index in [1.54, 1.807) is 27.7 Å². The molecule has 0 N–H and O–H groups in total. The Bertz CT molecular complexity index is 488. The molecule has 0 aromatic heterocycles. The van der Waals surface area contributed by atoms with E-state index < -0.39 is 41.9 Å². The van der Waals surface area contributed by atoms with Crippen LogP contribution in [0.1, 0.15) is 27.7 Å². The van der Waals surface area contributed by atoms with Crippen LogP contribution in [0.15, 0.2) is 5.11 Å². The highest BCUT2D eigenvalue weighted by Crippen LogP contribution is 2.37. The Kier molecular flexibility index (Phi) is 4.65. The molecular weight excluding hydrogens is 294 g/mol. The molecule has 0 amide bonds. The molecule has 0 aromatic rings. The second-order valence-electron chi connectivity index (χ2n) is 6.10. The first-order valence-corrected chi connectivity index (χ1v) is 6.98. The van der Waals surface area contributed by atoms with E-state index in [2.05, 4.69) is 14.8 Å². The van der Waals surface area contributed by atoms with E-state index in [1.165, 1.54) is 7.11 Å². The Morgan fingerprint density at radius 2 is 1.95 bits per heavy atom. The van der Waals surface area contributed by atoms with Crippen molar-refractivity contribution in [2.24, 2.45) is 5.11 Å². The minimum absolute atomic E-state index is 0.289. The normalized spacial score (nSPS) is 34.0. The zero-order valence-electron chi connectivity index (χ0n) is 13.3. The van der Waals surface area contributed by atoms with Gasteiger partial charge in [-0.25, -0.2) is 0 Å². The summed E-state index contributed by atoms with van der Waals surface area (Å²) in [7, 11) is 1.22. The van der Waals surface area contributed by atoms with Gasteiger partial charge in [0.05, 0.1) is 13.7 Å². The van der Waals surface area contributed by atoms with Crippen LogP contribution in [0.3, 0.4) is 0 Å². The fourth-order valence-corrected chi connectivity index (χ4v) is 2.65. The maximum absolute atomic E-state index is 11.9. The summed E-state index contributed by atoms with van der Waals surface area (Å²) in [5.41, 5.74) is 8.70. The van der Waals surface area contributed by atoms with Crippen LogP contribution in [0.25, 0.3) is 10.4 Å². The average Bonchev–Trinajstić information content (AvgIpc) is 2.94. The Balaban J connectivity index is 2.26. The van der Waals surface area contributed by atoms with Crippen LogP contribution in [-0.4, -0.2) is 55.6 Å². The zero-order valence-corrected chi connectivity index (χ0v) is 13.3. The molecule has 2 aliphatic rings. The number of methoxy groups -OCH3 is 1. The predicted molar refractivity (Wildman–Crippen MR) is 73.7 cm³/mol. The first kappa shape index (κ1) is 17.0. The van der Waals surface area contributed by atoms with Crippen molar-refractivity contribution in [2.45, 2.75) is 63.6 Å². The molecule has 0 aliphatic carbocycles. The number of carbonyl (C=O) groups excluding carboxylic acids is 1. The molecule has 22 heavy (non-hydrogen) atoms. The number of hydrogen-bond donors (Lipinski definition) is 0. The third-order valence-corrected chi connectivity index (χ3v) is 3.49. The van der Waals surface area contributed by atoms with Gasteiger partial charge in [-0.15, -0.1) is 0 Å². The first-order valence-electron chi connectivity index (χ1n) is 6.98. The van der Waals surface area contributed by atoms with Gasteiger partial charge in [0.1, 0.15) is 18.3 Å². The lowest BCUT2D eigenvalue weighted by Crippen LogP contribution is -2.46. The van der Waals surface area contributed by atoms with E-state index in [0.29, 0.717) is 0 Å². The number of rotatable bonds is 4. The van der Waals surface area contributed by atoms with Gasteiger partial charge in [0, 0.05) is 4.91 Å². The van der Waals surface area contributed by atoms with Crippen LogP contribution in [0.2, 0.25) is 0 Å². The summed E-state index contributed by atoms with van der Waals surface area (Å²) in [6.07, 6.45) is -1.88. The van der Waals surface area contributed by atoms with Crippen molar-refractivity contribution < 1.29 is 28.5 Å². The molecule has 2 rings (SSSR count). The molecule has 4 atom stereocenters. The Labute approximate surface area is 128 Å². The number of carbonyl (C=O) groups is 1. The molecule has 0 spiro atoms. The highest BCUT2D eigenvalue weighted by Gasteiger charge is 2.53. The molecule has 9 heteroatoms. The maximum atomic E-state index is 11.9. The van der Waals surface area contributed by atoms with E-state index >= 15 is 0 Å². The fraction of sp³-hybridized carbons (Fsp3) is 0.923. The molecule has 9 nitrogen and oxygen atoms in total. The molecule has 0 saturated carbocycles. The van der Waals surface area contributed by atoms with Crippen LogP contribution >= 0.6 is 0 Å². The number of nitrogens with zero attached hydrogens (tertiary/aromatic N) is 3. The quantitative estimate of drug-likeness (QED) is 0.336. The second-order valence-corrected chi connectivity index (χ2v) is 6.10. The monoisotopic (exact) mass is 315 g/mol. The van der Waals surface area contributed by atoms with Crippen molar-refractivity contribution in [2.75, 3.05) is 13.7 Å². The standard InChI is InChI=1S/C13H21N3O6/c1-12(2)19-6-7(20-12)9-10(22-13(3,4)21-9)8(15-16-14)11(17)18-5/h7-10H,6H2,1-5H3/t7?,8-,9?,10?/m1/s1.